The molecular weight excluding hydrogens is 245 g/mol. The van der Waals surface area contributed by atoms with Gasteiger partial charge >= 0.3 is 0 Å². The van der Waals surface area contributed by atoms with Gasteiger partial charge in [-0.15, -0.1) is 0 Å². The lowest BCUT2D eigenvalue weighted by atomic mass is 10.2. The third-order valence-electron chi connectivity index (χ3n) is 2.59. The predicted octanol–water partition coefficient (Wildman–Crippen LogP) is 3.35. The summed E-state index contributed by atoms with van der Waals surface area (Å²) in [4.78, 5) is 0. The number of ether oxygens (including phenoxy) is 2. The first-order chi connectivity index (χ1) is 9.21. The lowest BCUT2D eigenvalue weighted by Crippen LogP contribution is -2.05. The highest BCUT2D eigenvalue weighted by Gasteiger charge is 2.04. The van der Waals surface area contributed by atoms with Crippen molar-refractivity contribution in [2.45, 2.75) is 6.54 Å². The maximum atomic E-state index is 13.5. The van der Waals surface area contributed by atoms with Crippen LogP contribution in [-0.2, 0) is 6.54 Å². The lowest BCUT2D eigenvalue weighted by molar-refractivity contribution is 0.408. The second kappa shape index (κ2) is 6.20. The molecular formula is C15H16FNO2. The summed E-state index contributed by atoms with van der Waals surface area (Å²) in [7, 11) is 3.40. The van der Waals surface area contributed by atoms with Crippen molar-refractivity contribution in [1.82, 2.24) is 5.32 Å². The number of benzene rings is 2. The number of methoxy groups -OCH3 is 1. The van der Waals surface area contributed by atoms with Gasteiger partial charge in [-0.1, -0.05) is 6.07 Å². The topological polar surface area (TPSA) is 30.5 Å². The Morgan fingerprint density at radius 2 is 1.84 bits per heavy atom. The largest absolute Gasteiger partial charge is 0.497 e. The van der Waals surface area contributed by atoms with Crippen molar-refractivity contribution >= 4 is 0 Å². The van der Waals surface area contributed by atoms with Crippen LogP contribution in [0.3, 0.4) is 0 Å². The Hall–Kier alpha value is -2.07. The lowest BCUT2D eigenvalue weighted by Gasteiger charge is -2.09. The third kappa shape index (κ3) is 3.69. The van der Waals surface area contributed by atoms with Gasteiger partial charge in [0.25, 0.3) is 0 Å². The molecule has 0 bridgehead atoms. The Balaban J connectivity index is 2.22. The molecule has 0 fully saturated rings. The average Bonchev–Trinajstić information content (AvgIpc) is 2.38. The highest BCUT2D eigenvalue weighted by Crippen LogP contribution is 2.26. The second-order valence-corrected chi connectivity index (χ2v) is 4.11. The molecule has 0 unspecified atom stereocenters. The first kappa shape index (κ1) is 13.4. The summed E-state index contributed by atoms with van der Waals surface area (Å²) in [5.74, 6) is 1.47. The van der Waals surface area contributed by atoms with E-state index < -0.39 is 0 Å². The van der Waals surface area contributed by atoms with Crippen molar-refractivity contribution in [1.29, 1.82) is 0 Å². The van der Waals surface area contributed by atoms with Gasteiger partial charge in [-0.25, -0.2) is 4.39 Å². The zero-order valence-electron chi connectivity index (χ0n) is 10.9. The van der Waals surface area contributed by atoms with Crippen LogP contribution in [0.4, 0.5) is 4.39 Å². The smallest absolute Gasteiger partial charge is 0.131 e. The molecule has 0 amide bonds. The van der Waals surface area contributed by atoms with E-state index >= 15 is 0 Å². The molecule has 1 N–H and O–H groups in total. The summed E-state index contributed by atoms with van der Waals surface area (Å²) in [6.45, 7) is 0.590. The van der Waals surface area contributed by atoms with Gasteiger partial charge in [0.05, 0.1) is 7.11 Å². The summed E-state index contributed by atoms with van der Waals surface area (Å²) in [6.07, 6.45) is 0. The van der Waals surface area contributed by atoms with Gasteiger partial charge in [0.2, 0.25) is 0 Å². The Morgan fingerprint density at radius 3 is 2.58 bits per heavy atom. The third-order valence-corrected chi connectivity index (χ3v) is 2.59. The number of hydrogen-bond acceptors (Lipinski definition) is 3. The molecule has 0 aliphatic carbocycles. The van der Waals surface area contributed by atoms with Gasteiger partial charge in [0.15, 0.2) is 0 Å². The van der Waals surface area contributed by atoms with E-state index in [1.54, 1.807) is 25.3 Å². The van der Waals surface area contributed by atoms with Crippen molar-refractivity contribution in [3.8, 4) is 17.2 Å². The van der Waals surface area contributed by atoms with Crippen LogP contribution < -0.4 is 14.8 Å². The Morgan fingerprint density at radius 1 is 1.05 bits per heavy atom. The summed E-state index contributed by atoms with van der Waals surface area (Å²) in [5, 5.41) is 2.98. The van der Waals surface area contributed by atoms with Crippen LogP contribution in [-0.4, -0.2) is 14.2 Å². The SMILES string of the molecule is CNCc1cc(F)cc(Oc2cccc(OC)c2)c1. The Bertz CT molecular complexity index is 558. The molecule has 3 nitrogen and oxygen atoms in total. The minimum absolute atomic E-state index is 0.314. The molecule has 19 heavy (non-hydrogen) atoms. The summed E-state index contributed by atoms with van der Waals surface area (Å²) in [6, 6.07) is 11.8. The van der Waals surface area contributed by atoms with Crippen molar-refractivity contribution in [3.63, 3.8) is 0 Å². The van der Waals surface area contributed by atoms with Crippen molar-refractivity contribution < 1.29 is 13.9 Å². The normalized spacial score (nSPS) is 10.3. The van der Waals surface area contributed by atoms with Crippen LogP contribution in [0, 0.1) is 5.82 Å². The number of hydrogen-bond donors (Lipinski definition) is 1. The first-order valence-electron chi connectivity index (χ1n) is 5.97. The van der Waals surface area contributed by atoms with Crippen molar-refractivity contribution in [3.05, 3.63) is 53.8 Å². The fourth-order valence-electron chi connectivity index (χ4n) is 1.79. The van der Waals surface area contributed by atoms with Gasteiger partial charge in [-0.3, -0.25) is 0 Å². The van der Waals surface area contributed by atoms with E-state index in [9.17, 15) is 4.39 Å². The highest BCUT2D eigenvalue weighted by molar-refractivity contribution is 5.38. The highest BCUT2D eigenvalue weighted by atomic mass is 19.1. The minimum Gasteiger partial charge on any atom is -0.497 e. The van der Waals surface area contributed by atoms with E-state index in [0.717, 1.165) is 5.56 Å². The maximum absolute atomic E-state index is 13.5. The van der Waals surface area contributed by atoms with Gasteiger partial charge in [0.1, 0.15) is 23.1 Å². The standard InChI is InChI=1S/C15H16FNO2/c1-17-10-11-6-12(16)8-15(7-11)19-14-5-3-4-13(9-14)18-2/h3-9,17H,10H2,1-2H3. The molecule has 4 heteroatoms. The average molecular weight is 261 g/mol. The summed E-state index contributed by atoms with van der Waals surface area (Å²) < 4.78 is 24.2. The molecule has 0 aromatic heterocycles. The van der Waals surface area contributed by atoms with Crippen LogP contribution >= 0.6 is 0 Å². The monoisotopic (exact) mass is 261 g/mol. The van der Waals surface area contributed by atoms with E-state index in [2.05, 4.69) is 5.32 Å². The molecule has 100 valence electrons. The molecule has 0 heterocycles. The van der Waals surface area contributed by atoms with Crippen LogP contribution in [0.2, 0.25) is 0 Å². The van der Waals surface area contributed by atoms with E-state index in [-0.39, 0.29) is 5.82 Å². The minimum atomic E-state index is -0.314. The summed E-state index contributed by atoms with van der Waals surface area (Å²) in [5.41, 5.74) is 0.834. The molecule has 0 spiro atoms. The van der Waals surface area contributed by atoms with E-state index in [1.807, 2.05) is 19.2 Å². The van der Waals surface area contributed by atoms with E-state index in [1.165, 1.54) is 12.1 Å². The molecule has 0 saturated heterocycles. The van der Waals surface area contributed by atoms with Crippen LogP contribution in [0.1, 0.15) is 5.56 Å². The maximum Gasteiger partial charge on any atom is 0.131 e. The van der Waals surface area contributed by atoms with E-state index in [4.69, 9.17) is 9.47 Å². The van der Waals surface area contributed by atoms with Gasteiger partial charge in [-0.2, -0.15) is 0 Å². The molecule has 0 aliphatic heterocycles. The van der Waals surface area contributed by atoms with Gasteiger partial charge in [-0.05, 0) is 36.9 Å². The zero-order chi connectivity index (χ0) is 13.7. The Kier molecular flexibility index (Phi) is 4.36. The van der Waals surface area contributed by atoms with Crippen LogP contribution in [0.5, 0.6) is 17.2 Å². The molecule has 0 atom stereocenters. The van der Waals surface area contributed by atoms with Gasteiger partial charge in [0, 0.05) is 18.7 Å². The van der Waals surface area contributed by atoms with Crippen molar-refractivity contribution in [2.24, 2.45) is 0 Å². The van der Waals surface area contributed by atoms with E-state index in [0.29, 0.717) is 23.8 Å². The number of halogens is 1. The zero-order valence-corrected chi connectivity index (χ0v) is 10.9. The molecule has 2 aromatic rings. The quantitative estimate of drug-likeness (QED) is 0.895. The Labute approximate surface area is 112 Å². The van der Waals surface area contributed by atoms with Crippen LogP contribution in [0.15, 0.2) is 42.5 Å². The molecule has 2 aromatic carbocycles. The molecule has 0 aliphatic rings. The fraction of sp³-hybridized carbons (Fsp3) is 0.200. The first-order valence-corrected chi connectivity index (χ1v) is 5.97. The molecule has 2 rings (SSSR count). The summed E-state index contributed by atoms with van der Waals surface area (Å²) >= 11 is 0. The molecule has 0 saturated carbocycles. The second-order valence-electron chi connectivity index (χ2n) is 4.11. The van der Waals surface area contributed by atoms with Crippen molar-refractivity contribution in [2.75, 3.05) is 14.2 Å². The van der Waals surface area contributed by atoms with Crippen LogP contribution in [0.25, 0.3) is 0 Å². The fourth-order valence-corrected chi connectivity index (χ4v) is 1.79. The number of rotatable bonds is 5. The van der Waals surface area contributed by atoms with Gasteiger partial charge < -0.3 is 14.8 Å². The predicted molar refractivity (Wildman–Crippen MR) is 72.2 cm³/mol. The number of nitrogens with one attached hydrogen (secondary N) is 1. The molecule has 0 radical (unpaired) electrons.